The first-order chi connectivity index (χ1) is 16.8. The van der Waals surface area contributed by atoms with E-state index in [1.807, 2.05) is 24.3 Å². The number of hydrazone groups is 1. The van der Waals surface area contributed by atoms with Crippen molar-refractivity contribution < 1.29 is 18.3 Å². The minimum atomic E-state index is -4.06. The molecular formula is C26H22ClN3O4S. The van der Waals surface area contributed by atoms with Crippen LogP contribution in [0.5, 0.6) is 5.75 Å². The summed E-state index contributed by atoms with van der Waals surface area (Å²) in [5, 5.41) is 16.3. The quantitative estimate of drug-likeness (QED) is 0.276. The third-order valence-electron chi connectivity index (χ3n) is 5.38. The molecule has 9 heteroatoms. The number of amides is 1. The number of anilines is 1. The van der Waals surface area contributed by atoms with E-state index in [4.69, 9.17) is 11.6 Å². The van der Waals surface area contributed by atoms with Gasteiger partial charge in [0, 0.05) is 10.6 Å². The zero-order valence-electron chi connectivity index (χ0n) is 18.7. The van der Waals surface area contributed by atoms with Gasteiger partial charge in [-0.15, -0.1) is 0 Å². The Morgan fingerprint density at radius 2 is 1.74 bits per heavy atom. The van der Waals surface area contributed by atoms with E-state index in [1.54, 1.807) is 55.5 Å². The van der Waals surface area contributed by atoms with Gasteiger partial charge in [0.15, 0.2) is 0 Å². The molecule has 2 N–H and O–H groups in total. The number of benzene rings is 4. The Kier molecular flexibility index (Phi) is 7.04. The van der Waals surface area contributed by atoms with Gasteiger partial charge in [0.2, 0.25) is 0 Å². The van der Waals surface area contributed by atoms with Crippen LogP contribution in [-0.2, 0) is 14.8 Å². The summed E-state index contributed by atoms with van der Waals surface area (Å²) in [7, 11) is -4.06. The Balaban J connectivity index is 1.62. The number of nitrogens with one attached hydrogen (secondary N) is 1. The second kappa shape index (κ2) is 10.2. The van der Waals surface area contributed by atoms with Crippen LogP contribution in [0.1, 0.15) is 11.1 Å². The van der Waals surface area contributed by atoms with E-state index in [-0.39, 0.29) is 10.6 Å². The van der Waals surface area contributed by atoms with E-state index in [0.717, 1.165) is 15.1 Å². The highest BCUT2D eigenvalue weighted by Gasteiger charge is 2.28. The second-order valence-electron chi connectivity index (χ2n) is 7.77. The number of phenols is 1. The molecule has 0 aliphatic rings. The van der Waals surface area contributed by atoms with Gasteiger partial charge < -0.3 is 5.11 Å². The van der Waals surface area contributed by atoms with Gasteiger partial charge in [0.1, 0.15) is 12.3 Å². The zero-order chi connectivity index (χ0) is 25.0. The number of aromatic hydroxyl groups is 1. The highest BCUT2D eigenvalue weighted by Crippen LogP contribution is 2.29. The molecule has 7 nitrogen and oxygen atoms in total. The molecule has 0 saturated heterocycles. The van der Waals surface area contributed by atoms with Crippen molar-refractivity contribution in [3.05, 3.63) is 101 Å². The number of rotatable bonds is 7. The van der Waals surface area contributed by atoms with Crippen LogP contribution in [0.2, 0.25) is 5.02 Å². The number of hydrogen-bond donors (Lipinski definition) is 2. The first-order valence-corrected chi connectivity index (χ1v) is 12.5. The molecule has 0 saturated carbocycles. The first kappa shape index (κ1) is 24.3. The number of carbonyl (C=O) groups excluding carboxylic acids is 1. The molecule has 0 unspecified atom stereocenters. The van der Waals surface area contributed by atoms with E-state index >= 15 is 0 Å². The van der Waals surface area contributed by atoms with Crippen molar-refractivity contribution in [1.29, 1.82) is 0 Å². The van der Waals surface area contributed by atoms with E-state index < -0.39 is 22.5 Å². The Morgan fingerprint density at radius 1 is 1.03 bits per heavy atom. The van der Waals surface area contributed by atoms with Gasteiger partial charge >= 0.3 is 0 Å². The molecular weight excluding hydrogens is 486 g/mol. The number of aryl methyl sites for hydroxylation is 1. The average molecular weight is 508 g/mol. The highest BCUT2D eigenvalue weighted by molar-refractivity contribution is 7.92. The lowest BCUT2D eigenvalue weighted by atomic mass is 10.0. The molecule has 0 radical (unpaired) electrons. The van der Waals surface area contributed by atoms with Crippen LogP contribution in [0.4, 0.5) is 5.69 Å². The summed E-state index contributed by atoms with van der Waals surface area (Å²) in [6.45, 7) is 1.20. The number of sulfonamides is 1. The summed E-state index contributed by atoms with van der Waals surface area (Å²) in [4.78, 5) is 12.8. The molecule has 178 valence electrons. The maximum absolute atomic E-state index is 13.4. The van der Waals surface area contributed by atoms with E-state index in [9.17, 15) is 18.3 Å². The topological polar surface area (TPSA) is 99.1 Å². The zero-order valence-corrected chi connectivity index (χ0v) is 20.3. The van der Waals surface area contributed by atoms with Crippen LogP contribution in [0.3, 0.4) is 0 Å². The fourth-order valence-corrected chi connectivity index (χ4v) is 5.41. The van der Waals surface area contributed by atoms with Gasteiger partial charge in [-0.25, -0.2) is 13.8 Å². The van der Waals surface area contributed by atoms with Crippen molar-refractivity contribution in [2.45, 2.75) is 11.8 Å². The minimum Gasteiger partial charge on any atom is -0.507 e. The van der Waals surface area contributed by atoms with E-state index in [1.165, 1.54) is 18.3 Å². The third-order valence-corrected chi connectivity index (χ3v) is 7.39. The number of phenolic OH excluding ortho intramolecular Hbond substituents is 1. The van der Waals surface area contributed by atoms with Crippen molar-refractivity contribution in [3.63, 3.8) is 0 Å². The van der Waals surface area contributed by atoms with Crippen molar-refractivity contribution in [2.24, 2.45) is 5.10 Å². The lowest BCUT2D eigenvalue weighted by Crippen LogP contribution is -2.40. The summed E-state index contributed by atoms with van der Waals surface area (Å²) in [6, 6.07) is 23.4. The van der Waals surface area contributed by atoms with Crippen LogP contribution in [0.15, 0.2) is 94.9 Å². The van der Waals surface area contributed by atoms with Crippen molar-refractivity contribution >= 4 is 50.2 Å². The summed E-state index contributed by atoms with van der Waals surface area (Å²) >= 11 is 6.05. The average Bonchev–Trinajstić information content (AvgIpc) is 2.85. The molecule has 4 rings (SSSR count). The Labute approximate surface area is 208 Å². The monoisotopic (exact) mass is 507 g/mol. The normalized spacial score (nSPS) is 11.6. The number of nitrogens with zero attached hydrogens (tertiary/aromatic N) is 2. The van der Waals surface area contributed by atoms with Crippen LogP contribution in [-0.4, -0.2) is 32.2 Å². The largest absolute Gasteiger partial charge is 0.507 e. The fourth-order valence-electron chi connectivity index (χ4n) is 3.67. The number of hydrogen-bond acceptors (Lipinski definition) is 5. The summed E-state index contributed by atoms with van der Waals surface area (Å²) < 4.78 is 27.9. The maximum atomic E-state index is 13.4. The summed E-state index contributed by atoms with van der Waals surface area (Å²) in [6.07, 6.45) is 1.33. The lowest BCUT2D eigenvalue weighted by molar-refractivity contribution is -0.119. The van der Waals surface area contributed by atoms with Crippen molar-refractivity contribution in [3.8, 4) is 5.75 Å². The van der Waals surface area contributed by atoms with Gasteiger partial charge in [-0.2, -0.15) is 5.10 Å². The van der Waals surface area contributed by atoms with Crippen LogP contribution >= 0.6 is 11.6 Å². The Bertz CT molecular complexity index is 1520. The molecule has 35 heavy (non-hydrogen) atoms. The van der Waals surface area contributed by atoms with Gasteiger partial charge in [0.25, 0.3) is 15.9 Å². The van der Waals surface area contributed by atoms with Gasteiger partial charge in [-0.3, -0.25) is 9.10 Å². The first-order valence-electron chi connectivity index (χ1n) is 10.6. The Morgan fingerprint density at radius 3 is 2.49 bits per heavy atom. The van der Waals surface area contributed by atoms with Crippen LogP contribution in [0, 0.1) is 6.92 Å². The lowest BCUT2D eigenvalue weighted by Gasteiger charge is -2.25. The van der Waals surface area contributed by atoms with Gasteiger partial charge in [-0.05, 0) is 59.7 Å². The van der Waals surface area contributed by atoms with Gasteiger partial charge in [-0.1, -0.05) is 60.1 Å². The predicted molar refractivity (Wildman–Crippen MR) is 139 cm³/mol. The predicted octanol–water partition coefficient (Wildman–Crippen LogP) is 4.85. The maximum Gasteiger partial charge on any atom is 0.264 e. The third kappa shape index (κ3) is 5.29. The number of halogens is 1. The van der Waals surface area contributed by atoms with Crippen LogP contribution < -0.4 is 9.73 Å². The number of carbonyl (C=O) groups is 1. The second-order valence-corrected chi connectivity index (χ2v) is 10.1. The van der Waals surface area contributed by atoms with Gasteiger partial charge in [0.05, 0.1) is 16.8 Å². The van der Waals surface area contributed by atoms with Crippen molar-refractivity contribution in [1.82, 2.24) is 5.43 Å². The molecule has 4 aromatic carbocycles. The van der Waals surface area contributed by atoms with Crippen LogP contribution in [0.25, 0.3) is 10.8 Å². The van der Waals surface area contributed by atoms with E-state index in [2.05, 4.69) is 10.5 Å². The minimum absolute atomic E-state index is 0.00627. The smallest absolute Gasteiger partial charge is 0.264 e. The fraction of sp³-hybridized carbons (Fsp3) is 0.0769. The standard InChI is InChI=1S/C26H22ClN3O4S/c1-18-15-20(27)12-13-24(18)30(35(33,34)21-8-3-2-4-9-21)17-26(32)29-28-16-23-22-10-6-5-7-19(22)11-14-25(23)31/h2-16,31H,17H2,1H3,(H,29,32)/b28-16-. The molecule has 0 bridgehead atoms. The van der Waals surface area contributed by atoms with Crippen molar-refractivity contribution in [2.75, 3.05) is 10.8 Å². The molecule has 0 atom stereocenters. The molecule has 0 aliphatic heterocycles. The Hall–Kier alpha value is -3.88. The SMILES string of the molecule is Cc1cc(Cl)ccc1N(CC(=O)N/N=C\c1c(O)ccc2ccccc12)S(=O)(=O)c1ccccc1. The molecule has 4 aromatic rings. The molecule has 1 amide bonds. The molecule has 0 fully saturated rings. The number of fused-ring (bicyclic) bond motifs is 1. The molecule has 0 aromatic heterocycles. The molecule has 0 aliphatic carbocycles. The highest BCUT2D eigenvalue weighted by atomic mass is 35.5. The van der Waals surface area contributed by atoms with E-state index in [0.29, 0.717) is 21.8 Å². The summed E-state index contributed by atoms with van der Waals surface area (Å²) in [5.74, 6) is -0.651. The molecule has 0 spiro atoms. The summed E-state index contributed by atoms with van der Waals surface area (Å²) in [5.41, 5.74) is 3.72. The molecule has 0 heterocycles.